The molecule has 1 saturated heterocycles. The number of quaternary nitrogens is 1. The highest BCUT2D eigenvalue weighted by Gasteiger charge is 2.42. The van der Waals surface area contributed by atoms with Crippen molar-refractivity contribution >= 4 is 17.5 Å². The Balaban J connectivity index is 1.65. The standard InChI is InChI=1S/C19H20N2O4/c1-24-15-7-3-13(4-8-15)12-20-17-11-18(22)21(19(17)23)14-5-9-16(25-2)10-6-14/h3-10,17,20H,11-12H2,1-2H3/p+1/t17-/m1/s1. The van der Waals surface area contributed by atoms with Gasteiger partial charge in [-0.25, -0.2) is 4.90 Å². The first-order chi connectivity index (χ1) is 12.1. The van der Waals surface area contributed by atoms with Gasteiger partial charge in [-0.2, -0.15) is 0 Å². The van der Waals surface area contributed by atoms with Crippen LogP contribution < -0.4 is 19.7 Å². The Bertz CT molecular complexity index is 756. The minimum atomic E-state index is -0.392. The summed E-state index contributed by atoms with van der Waals surface area (Å²) in [4.78, 5) is 26.2. The van der Waals surface area contributed by atoms with Crippen molar-refractivity contribution in [3.8, 4) is 11.5 Å². The first-order valence-corrected chi connectivity index (χ1v) is 8.09. The van der Waals surface area contributed by atoms with Gasteiger partial charge >= 0.3 is 0 Å². The molecule has 2 amide bonds. The SMILES string of the molecule is COc1ccc(C[NH2+][C@@H]2CC(=O)N(c3ccc(OC)cc3)C2=O)cc1. The van der Waals surface area contributed by atoms with Crippen molar-refractivity contribution in [3.63, 3.8) is 0 Å². The zero-order valence-corrected chi connectivity index (χ0v) is 14.3. The molecule has 1 heterocycles. The predicted molar refractivity (Wildman–Crippen MR) is 92.5 cm³/mol. The van der Waals surface area contributed by atoms with E-state index in [1.165, 1.54) is 4.90 Å². The number of hydrogen-bond donors (Lipinski definition) is 1. The van der Waals surface area contributed by atoms with Crippen molar-refractivity contribution in [2.45, 2.75) is 19.0 Å². The van der Waals surface area contributed by atoms with Gasteiger partial charge in [0.1, 0.15) is 18.0 Å². The van der Waals surface area contributed by atoms with Gasteiger partial charge in [-0.05, 0) is 48.5 Å². The summed E-state index contributed by atoms with van der Waals surface area (Å²) < 4.78 is 10.2. The highest BCUT2D eigenvalue weighted by atomic mass is 16.5. The molecule has 0 saturated carbocycles. The monoisotopic (exact) mass is 341 g/mol. The lowest BCUT2D eigenvalue weighted by Crippen LogP contribution is -2.90. The molecule has 2 aromatic rings. The van der Waals surface area contributed by atoms with Gasteiger partial charge in [-0.15, -0.1) is 0 Å². The molecule has 0 spiro atoms. The van der Waals surface area contributed by atoms with E-state index in [1.807, 2.05) is 29.6 Å². The summed E-state index contributed by atoms with van der Waals surface area (Å²) in [6.07, 6.45) is 0.209. The van der Waals surface area contributed by atoms with Crippen LogP contribution in [-0.2, 0) is 16.1 Å². The number of amides is 2. The number of rotatable bonds is 6. The number of anilines is 1. The molecule has 0 unspecified atom stereocenters. The first kappa shape index (κ1) is 17.0. The fourth-order valence-corrected chi connectivity index (χ4v) is 2.88. The van der Waals surface area contributed by atoms with Crippen molar-refractivity contribution in [3.05, 3.63) is 54.1 Å². The van der Waals surface area contributed by atoms with Crippen molar-refractivity contribution in [1.29, 1.82) is 0 Å². The van der Waals surface area contributed by atoms with Crippen LogP contribution in [0.5, 0.6) is 11.5 Å². The Labute approximate surface area is 146 Å². The minimum Gasteiger partial charge on any atom is -0.497 e. The van der Waals surface area contributed by atoms with Crippen LogP contribution >= 0.6 is 0 Å². The molecule has 1 aliphatic heterocycles. The lowest BCUT2D eigenvalue weighted by atomic mass is 10.2. The molecule has 2 N–H and O–H groups in total. The summed E-state index contributed by atoms with van der Waals surface area (Å²) >= 11 is 0. The normalized spacial score (nSPS) is 17.0. The maximum Gasteiger partial charge on any atom is 0.292 e. The van der Waals surface area contributed by atoms with Crippen molar-refractivity contribution in [2.75, 3.05) is 19.1 Å². The van der Waals surface area contributed by atoms with Gasteiger partial charge in [-0.1, -0.05) is 0 Å². The number of imide groups is 1. The smallest absolute Gasteiger partial charge is 0.292 e. The summed E-state index contributed by atoms with van der Waals surface area (Å²) in [5.41, 5.74) is 1.65. The highest BCUT2D eigenvalue weighted by molar-refractivity contribution is 6.21. The largest absolute Gasteiger partial charge is 0.497 e. The summed E-state index contributed by atoms with van der Waals surface area (Å²) in [5, 5.41) is 1.91. The van der Waals surface area contributed by atoms with Crippen LogP contribution in [-0.4, -0.2) is 32.1 Å². The van der Waals surface area contributed by atoms with E-state index >= 15 is 0 Å². The van der Waals surface area contributed by atoms with Crippen LogP contribution in [0.4, 0.5) is 5.69 Å². The number of benzene rings is 2. The van der Waals surface area contributed by atoms with E-state index in [9.17, 15) is 9.59 Å². The lowest BCUT2D eigenvalue weighted by molar-refractivity contribution is -0.690. The molecule has 0 radical (unpaired) electrons. The van der Waals surface area contributed by atoms with Gasteiger partial charge in [0.15, 0.2) is 6.04 Å². The summed E-state index contributed by atoms with van der Waals surface area (Å²) in [6, 6.07) is 14.2. The van der Waals surface area contributed by atoms with Crippen molar-refractivity contribution in [2.24, 2.45) is 0 Å². The fourth-order valence-electron chi connectivity index (χ4n) is 2.88. The molecule has 3 rings (SSSR count). The molecule has 6 heteroatoms. The number of ether oxygens (including phenoxy) is 2. The fraction of sp³-hybridized carbons (Fsp3) is 0.263. The van der Waals surface area contributed by atoms with Crippen LogP contribution in [0.1, 0.15) is 12.0 Å². The van der Waals surface area contributed by atoms with Crippen LogP contribution in [0.3, 0.4) is 0 Å². The molecule has 1 fully saturated rings. The third-order valence-electron chi connectivity index (χ3n) is 4.31. The lowest BCUT2D eigenvalue weighted by Gasteiger charge is -2.14. The van der Waals surface area contributed by atoms with E-state index in [-0.39, 0.29) is 18.2 Å². The number of methoxy groups -OCH3 is 2. The van der Waals surface area contributed by atoms with Gasteiger partial charge in [0.2, 0.25) is 5.91 Å². The van der Waals surface area contributed by atoms with Crippen molar-refractivity contribution in [1.82, 2.24) is 0 Å². The Morgan fingerprint density at radius 1 is 0.960 bits per heavy atom. The third kappa shape index (κ3) is 3.64. The van der Waals surface area contributed by atoms with Crippen LogP contribution in [0, 0.1) is 0 Å². The molecule has 130 valence electrons. The number of hydrogen-bond acceptors (Lipinski definition) is 4. The number of carbonyl (C=O) groups is 2. The first-order valence-electron chi connectivity index (χ1n) is 8.09. The minimum absolute atomic E-state index is 0.175. The van der Waals surface area contributed by atoms with E-state index in [0.29, 0.717) is 18.0 Å². The second-order valence-corrected chi connectivity index (χ2v) is 5.86. The molecule has 0 aliphatic carbocycles. The third-order valence-corrected chi connectivity index (χ3v) is 4.31. The van der Waals surface area contributed by atoms with E-state index in [4.69, 9.17) is 9.47 Å². The number of nitrogens with two attached hydrogens (primary N) is 1. The van der Waals surface area contributed by atoms with E-state index in [2.05, 4.69) is 0 Å². The molecule has 1 atom stereocenters. The Hall–Kier alpha value is -2.86. The van der Waals surface area contributed by atoms with E-state index in [0.717, 1.165) is 11.3 Å². The maximum atomic E-state index is 12.6. The molecule has 0 aromatic heterocycles. The number of nitrogens with zero attached hydrogens (tertiary/aromatic N) is 1. The van der Waals surface area contributed by atoms with Gasteiger partial charge in [0, 0.05) is 5.56 Å². The van der Waals surface area contributed by atoms with Crippen LogP contribution in [0.25, 0.3) is 0 Å². The van der Waals surface area contributed by atoms with E-state index in [1.54, 1.807) is 38.5 Å². The topological polar surface area (TPSA) is 72.4 Å². The Kier molecular flexibility index (Phi) is 5.00. The molecular formula is C19H21N2O4+. The average molecular weight is 341 g/mol. The highest BCUT2D eigenvalue weighted by Crippen LogP contribution is 2.24. The zero-order chi connectivity index (χ0) is 17.8. The van der Waals surface area contributed by atoms with Crippen LogP contribution in [0.15, 0.2) is 48.5 Å². The second-order valence-electron chi connectivity index (χ2n) is 5.86. The maximum absolute atomic E-state index is 12.6. The zero-order valence-electron chi connectivity index (χ0n) is 14.3. The van der Waals surface area contributed by atoms with Crippen molar-refractivity contribution < 1.29 is 24.4 Å². The number of carbonyl (C=O) groups excluding carboxylic acids is 2. The Morgan fingerprint density at radius 3 is 2.08 bits per heavy atom. The molecule has 2 aromatic carbocycles. The summed E-state index contributed by atoms with van der Waals surface area (Å²) in [5.74, 6) is 1.13. The van der Waals surface area contributed by atoms with Gasteiger partial charge in [0.25, 0.3) is 5.91 Å². The molecule has 1 aliphatic rings. The summed E-state index contributed by atoms with van der Waals surface area (Å²) in [7, 11) is 3.20. The predicted octanol–water partition coefficient (Wildman–Crippen LogP) is 1.10. The summed E-state index contributed by atoms with van der Waals surface area (Å²) in [6.45, 7) is 0.629. The molecule has 6 nitrogen and oxygen atoms in total. The van der Waals surface area contributed by atoms with E-state index < -0.39 is 6.04 Å². The second kappa shape index (κ2) is 7.36. The van der Waals surface area contributed by atoms with Gasteiger partial charge in [0.05, 0.1) is 26.3 Å². The van der Waals surface area contributed by atoms with Gasteiger partial charge < -0.3 is 14.8 Å². The Morgan fingerprint density at radius 2 is 1.52 bits per heavy atom. The molecular weight excluding hydrogens is 320 g/mol. The molecule has 0 bridgehead atoms. The van der Waals surface area contributed by atoms with Crippen LogP contribution in [0.2, 0.25) is 0 Å². The quantitative estimate of drug-likeness (QED) is 0.799. The van der Waals surface area contributed by atoms with Gasteiger partial charge in [-0.3, -0.25) is 9.59 Å². The average Bonchev–Trinajstić information content (AvgIpc) is 2.94. The molecule has 25 heavy (non-hydrogen) atoms.